The number of halogens is 1. The summed E-state index contributed by atoms with van der Waals surface area (Å²) in [5.74, 6) is 0.837. The maximum atomic E-state index is 6.24. The van der Waals surface area contributed by atoms with E-state index in [2.05, 4.69) is 31.3 Å². The van der Waals surface area contributed by atoms with Crippen LogP contribution in [0, 0.1) is 6.92 Å². The monoisotopic (exact) mass is 309 g/mol. The molecule has 20 heavy (non-hydrogen) atoms. The van der Waals surface area contributed by atoms with Crippen molar-refractivity contribution in [3.05, 3.63) is 50.7 Å². The van der Waals surface area contributed by atoms with Gasteiger partial charge in [0.15, 0.2) is 0 Å². The molecular formula is C16H20ClNOS. The van der Waals surface area contributed by atoms with Gasteiger partial charge in [0.1, 0.15) is 5.75 Å². The van der Waals surface area contributed by atoms with Crippen molar-refractivity contribution in [3.8, 4) is 5.75 Å². The van der Waals surface area contributed by atoms with Gasteiger partial charge in [0.25, 0.3) is 0 Å². The van der Waals surface area contributed by atoms with Crippen molar-refractivity contribution in [1.82, 2.24) is 5.32 Å². The van der Waals surface area contributed by atoms with E-state index >= 15 is 0 Å². The fraction of sp³-hybridized carbons (Fsp3) is 0.375. The second-order valence-corrected chi connectivity index (χ2v) is 6.70. The summed E-state index contributed by atoms with van der Waals surface area (Å²) < 4.78 is 5.36. The minimum atomic E-state index is 0.397. The fourth-order valence-electron chi connectivity index (χ4n) is 2.15. The zero-order chi connectivity index (χ0) is 14.5. The number of methoxy groups -OCH3 is 1. The lowest BCUT2D eigenvalue weighted by atomic mass is 10.1. The van der Waals surface area contributed by atoms with E-state index in [9.17, 15) is 0 Å². The molecule has 1 aromatic carbocycles. The standard InChI is InChI=1S/C16H20ClNOS/c1-11(9-13-8-7-12(2)20-13)18-10-14-15(17)5-4-6-16(14)19-3/h4-8,11,18H,9-10H2,1-3H3. The molecule has 2 rings (SSSR count). The second-order valence-electron chi connectivity index (χ2n) is 4.92. The Morgan fingerprint density at radius 2 is 2.10 bits per heavy atom. The van der Waals surface area contributed by atoms with Gasteiger partial charge in [-0.05, 0) is 44.5 Å². The summed E-state index contributed by atoms with van der Waals surface area (Å²) in [5.41, 5.74) is 1.02. The number of ether oxygens (including phenoxy) is 1. The van der Waals surface area contributed by atoms with Gasteiger partial charge < -0.3 is 10.1 Å². The molecule has 1 N–H and O–H groups in total. The molecule has 1 aromatic heterocycles. The fourth-order valence-corrected chi connectivity index (χ4v) is 3.40. The number of nitrogens with one attached hydrogen (secondary N) is 1. The van der Waals surface area contributed by atoms with Crippen LogP contribution in [0.4, 0.5) is 0 Å². The highest BCUT2D eigenvalue weighted by Crippen LogP contribution is 2.26. The van der Waals surface area contributed by atoms with Gasteiger partial charge in [0, 0.05) is 32.9 Å². The van der Waals surface area contributed by atoms with Gasteiger partial charge in [-0.25, -0.2) is 0 Å². The molecule has 4 heteroatoms. The molecule has 108 valence electrons. The van der Waals surface area contributed by atoms with Crippen LogP contribution < -0.4 is 10.1 Å². The van der Waals surface area contributed by atoms with E-state index in [1.54, 1.807) is 7.11 Å². The molecule has 0 aliphatic rings. The zero-order valence-electron chi connectivity index (χ0n) is 12.1. The lowest BCUT2D eigenvalue weighted by molar-refractivity contribution is 0.405. The molecule has 2 nitrogen and oxygen atoms in total. The Kier molecular flexibility index (Phi) is 5.46. The summed E-state index contributed by atoms with van der Waals surface area (Å²) in [7, 11) is 1.67. The van der Waals surface area contributed by atoms with Crippen LogP contribution >= 0.6 is 22.9 Å². The first kappa shape index (κ1) is 15.4. The summed E-state index contributed by atoms with van der Waals surface area (Å²) in [6.07, 6.45) is 1.03. The van der Waals surface area contributed by atoms with E-state index in [1.807, 2.05) is 29.5 Å². The van der Waals surface area contributed by atoms with Gasteiger partial charge in [-0.15, -0.1) is 11.3 Å². The molecular weight excluding hydrogens is 290 g/mol. The average Bonchev–Trinajstić information content (AvgIpc) is 2.82. The van der Waals surface area contributed by atoms with Crippen molar-refractivity contribution >= 4 is 22.9 Å². The Hall–Kier alpha value is -1.03. The third-order valence-electron chi connectivity index (χ3n) is 3.23. The van der Waals surface area contributed by atoms with Gasteiger partial charge in [-0.1, -0.05) is 17.7 Å². The molecule has 0 amide bonds. The molecule has 0 radical (unpaired) electrons. The number of hydrogen-bond acceptors (Lipinski definition) is 3. The predicted molar refractivity (Wildman–Crippen MR) is 87.1 cm³/mol. The van der Waals surface area contributed by atoms with E-state index < -0.39 is 0 Å². The minimum absolute atomic E-state index is 0.397. The minimum Gasteiger partial charge on any atom is -0.496 e. The highest BCUT2D eigenvalue weighted by atomic mass is 35.5. The van der Waals surface area contributed by atoms with E-state index in [-0.39, 0.29) is 0 Å². The van der Waals surface area contributed by atoms with Crippen molar-refractivity contribution in [2.45, 2.75) is 32.9 Å². The van der Waals surface area contributed by atoms with Crippen molar-refractivity contribution in [2.24, 2.45) is 0 Å². The molecule has 1 heterocycles. The summed E-state index contributed by atoms with van der Waals surface area (Å²) >= 11 is 8.09. The average molecular weight is 310 g/mol. The lowest BCUT2D eigenvalue weighted by Crippen LogP contribution is -2.27. The third kappa shape index (κ3) is 3.98. The second kappa shape index (κ2) is 7.11. The topological polar surface area (TPSA) is 21.3 Å². The van der Waals surface area contributed by atoms with Gasteiger partial charge in [0.2, 0.25) is 0 Å². The number of aryl methyl sites for hydroxylation is 1. The highest BCUT2D eigenvalue weighted by Gasteiger charge is 2.10. The van der Waals surface area contributed by atoms with E-state index in [0.717, 1.165) is 22.8 Å². The molecule has 1 atom stereocenters. The van der Waals surface area contributed by atoms with Crippen LogP contribution in [0.25, 0.3) is 0 Å². The zero-order valence-corrected chi connectivity index (χ0v) is 13.6. The van der Waals surface area contributed by atoms with Crippen LogP contribution in [0.2, 0.25) is 5.02 Å². The third-order valence-corrected chi connectivity index (χ3v) is 4.60. The SMILES string of the molecule is COc1cccc(Cl)c1CNC(C)Cc1ccc(C)s1. The first-order valence-electron chi connectivity index (χ1n) is 6.70. The summed E-state index contributed by atoms with van der Waals surface area (Å²) in [6.45, 7) is 5.05. The molecule has 0 aliphatic heterocycles. The Bertz CT molecular complexity index is 567. The van der Waals surface area contributed by atoms with Crippen molar-refractivity contribution in [1.29, 1.82) is 0 Å². The first-order chi connectivity index (χ1) is 9.60. The number of hydrogen-bond donors (Lipinski definition) is 1. The van der Waals surface area contributed by atoms with Crippen LogP contribution in [-0.2, 0) is 13.0 Å². The Labute approximate surface area is 129 Å². The van der Waals surface area contributed by atoms with Crippen LogP contribution in [0.3, 0.4) is 0 Å². The van der Waals surface area contributed by atoms with Crippen LogP contribution in [0.5, 0.6) is 5.75 Å². The number of benzene rings is 1. The van der Waals surface area contributed by atoms with E-state index in [0.29, 0.717) is 12.6 Å². The van der Waals surface area contributed by atoms with Crippen LogP contribution in [0.15, 0.2) is 30.3 Å². The van der Waals surface area contributed by atoms with Crippen LogP contribution in [-0.4, -0.2) is 13.2 Å². The van der Waals surface area contributed by atoms with Gasteiger partial charge in [-0.3, -0.25) is 0 Å². The van der Waals surface area contributed by atoms with E-state index in [1.165, 1.54) is 9.75 Å². The highest BCUT2D eigenvalue weighted by molar-refractivity contribution is 7.11. The van der Waals surface area contributed by atoms with Crippen molar-refractivity contribution < 1.29 is 4.74 Å². The summed E-state index contributed by atoms with van der Waals surface area (Å²) in [4.78, 5) is 2.77. The molecule has 0 bridgehead atoms. The maximum Gasteiger partial charge on any atom is 0.124 e. The largest absolute Gasteiger partial charge is 0.496 e. The predicted octanol–water partition coefficient (Wildman–Crippen LogP) is 4.44. The Morgan fingerprint density at radius 1 is 1.30 bits per heavy atom. The van der Waals surface area contributed by atoms with Crippen molar-refractivity contribution in [3.63, 3.8) is 0 Å². The number of thiophene rings is 1. The van der Waals surface area contributed by atoms with Gasteiger partial charge >= 0.3 is 0 Å². The van der Waals surface area contributed by atoms with Crippen LogP contribution in [0.1, 0.15) is 22.2 Å². The number of rotatable bonds is 6. The molecule has 0 saturated heterocycles. The Balaban J connectivity index is 1.95. The van der Waals surface area contributed by atoms with E-state index in [4.69, 9.17) is 16.3 Å². The maximum absolute atomic E-state index is 6.24. The molecule has 2 aromatic rings. The quantitative estimate of drug-likeness (QED) is 0.852. The van der Waals surface area contributed by atoms with Gasteiger partial charge in [-0.2, -0.15) is 0 Å². The molecule has 0 fully saturated rings. The molecule has 0 aliphatic carbocycles. The Morgan fingerprint density at radius 3 is 2.75 bits per heavy atom. The normalized spacial score (nSPS) is 12.4. The van der Waals surface area contributed by atoms with Gasteiger partial charge in [0.05, 0.1) is 7.11 Å². The smallest absolute Gasteiger partial charge is 0.124 e. The lowest BCUT2D eigenvalue weighted by Gasteiger charge is -2.15. The molecule has 1 unspecified atom stereocenters. The summed E-state index contributed by atoms with van der Waals surface area (Å²) in [5, 5.41) is 4.26. The van der Waals surface area contributed by atoms with Crippen molar-refractivity contribution in [2.75, 3.05) is 7.11 Å². The molecule has 0 spiro atoms. The first-order valence-corrected chi connectivity index (χ1v) is 7.89. The molecule has 0 saturated carbocycles. The summed E-state index contributed by atoms with van der Waals surface area (Å²) in [6, 6.07) is 10.5.